The van der Waals surface area contributed by atoms with Crippen LogP contribution in [0.15, 0.2) is 47.6 Å². The van der Waals surface area contributed by atoms with E-state index in [9.17, 15) is 4.79 Å². The molecule has 0 aliphatic carbocycles. The third kappa shape index (κ3) is 5.05. The quantitative estimate of drug-likeness (QED) is 0.491. The van der Waals surface area contributed by atoms with Crippen LogP contribution in [-0.2, 0) is 11.4 Å². The van der Waals surface area contributed by atoms with Crippen LogP contribution in [0.2, 0.25) is 0 Å². The number of nitrogens with one attached hydrogen (secondary N) is 1. The second-order valence-corrected chi connectivity index (χ2v) is 6.07. The summed E-state index contributed by atoms with van der Waals surface area (Å²) in [6, 6.07) is 14.7. The van der Waals surface area contributed by atoms with Crippen molar-refractivity contribution in [2.24, 2.45) is 5.10 Å². The Morgan fingerprint density at radius 2 is 1.97 bits per heavy atom. The van der Waals surface area contributed by atoms with Crippen molar-refractivity contribution in [3.8, 4) is 17.6 Å². The average Bonchev–Trinajstić information content (AvgIpc) is 2.72. The van der Waals surface area contributed by atoms with Gasteiger partial charge in [-0.3, -0.25) is 4.79 Å². The Kier molecular flexibility index (Phi) is 6.32. The number of nitriles is 1. The van der Waals surface area contributed by atoms with E-state index >= 15 is 0 Å². The van der Waals surface area contributed by atoms with Crippen LogP contribution in [0.4, 0.5) is 0 Å². The summed E-state index contributed by atoms with van der Waals surface area (Å²) in [6.07, 6.45) is 1.21. The third-order valence-electron chi connectivity index (χ3n) is 4.04. The topological polar surface area (TPSA) is 109 Å². The van der Waals surface area contributed by atoms with Crippen LogP contribution >= 0.6 is 0 Å². The molecule has 0 unspecified atom stereocenters. The van der Waals surface area contributed by atoms with E-state index < -0.39 is 5.91 Å². The van der Waals surface area contributed by atoms with E-state index in [0.29, 0.717) is 17.1 Å². The second-order valence-electron chi connectivity index (χ2n) is 6.07. The number of carbonyl (C=O) groups excluding carboxylic acids is 1. The zero-order valence-electron chi connectivity index (χ0n) is 16.0. The zero-order chi connectivity index (χ0) is 20.6. The highest BCUT2D eigenvalue weighted by atomic mass is 16.5. The summed E-state index contributed by atoms with van der Waals surface area (Å²) in [4.78, 5) is 20.4. The van der Waals surface area contributed by atoms with E-state index in [4.69, 9.17) is 14.7 Å². The molecule has 0 aliphatic rings. The van der Waals surface area contributed by atoms with Crippen LogP contribution in [0.25, 0.3) is 11.0 Å². The van der Waals surface area contributed by atoms with Gasteiger partial charge in [-0.1, -0.05) is 12.1 Å². The predicted octanol–water partition coefficient (Wildman–Crippen LogP) is 2.89. The SMILES string of the molecule is COc1cc(/C=N/NC(=O)CC#N)ccc1OCc1nc2ccccc2nc1C. The first-order valence-electron chi connectivity index (χ1n) is 8.82. The van der Waals surface area contributed by atoms with Crippen LogP contribution in [0.3, 0.4) is 0 Å². The van der Waals surface area contributed by atoms with Crippen molar-refractivity contribution in [2.45, 2.75) is 20.0 Å². The Bertz CT molecular complexity index is 1110. The predicted molar refractivity (Wildman–Crippen MR) is 108 cm³/mol. The molecule has 0 bridgehead atoms. The van der Waals surface area contributed by atoms with Crippen LogP contribution in [-0.4, -0.2) is 29.2 Å². The van der Waals surface area contributed by atoms with E-state index in [1.165, 1.54) is 6.21 Å². The van der Waals surface area contributed by atoms with E-state index in [1.54, 1.807) is 31.4 Å². The largest absolute Gasteiger partial charge is 0.493 e. The van der Waals surface area contributed by atoms with Crippen molar-refractivity contribution < 1.29 is 14.3 Å². The third-order valence-corrected chi connectivity index (χ3v) is 4.04. The maximum atomic E-state index is 11.2. The molecule has 2 aromatic carbocycles. The van der Waals surface area contributed by atoms with E-state index in [2.05, 4.69) is 20.5 Å². The standard InChI is InChI=1S/C21H19N5O3/c1-14-18(25-17-6-4-3-5-16(17)24-14)13-29-19-8-7-15(11-20(19)28-2)12-23-26-21(27)9-10-22/h3-8,11-12H,9,13H2,1-2H3,(H,26,27)/b23-12+. The number of methoxy groups -OCH3 is 1. The fraction of sp³-hybridized carbons (Fsp3) is 0.190. The van der Waals surface area contributed by atoms with Gasteiger partial charge in [0.05, 0.1) is 41.8 Å². The maximum absolute atomic E-state index is 11.2. The van der Waals surface area contributed by atoms with Crippen molar-refractivity contribution in [2.75, 3.05) is 7.11 Å². The lowest BCUT2D eigenvalue weighted by atomic mass is 10.2. The normalized spacial score (nSPS) is 10.7. The molecule has 29 heavy (non-hydrogen) atoms. The van der Waals surface area contributed by atoms with Gasteiger partial charge in [-0.2, -0.15) is 10.4 Å². The number of aromatic nitrogens is 2. The summed E-state index contributed by atoms with van der Waals surface area (Å²) in [5.74, 6) is 0.596. The van der Waals surface area contributed by atoms with Gasteiger partial charge in [0.1, 0.15) is 13.0 Å². The molecule has 0 saturated heterocycles. The number of hydrogen-bond donors (Lipinski definition) is 1. The van der Waals surface area contributed by atoms with E-state index in [-0.39, 0.29) is 13.0 Å². The molecular formula is C21H19N5O3. The lowest BCUT2D eigenvalue weighted by molar-refractivity contribution is -0.120. The number of ether oxygens (including phenoxy) is 2. The Morgan fingerprint density at radius 3 is 2.69 bits per heavy atom. The molecule has 8 nitrogen and oxygen atoms in total. The van der Waals surface area contributed by atoms with Crippen molar-refractivity contribution in [3.05, 3.63) is 59.4 Å². The molecule has 0 aliphatic heterocycles. The number of benzene rings is 2. The molecule has 0 atom stereocenters. The first-order chi connectivity index (χ1) is 14.1. The highest BCUT2D eigenvalue weighted by molar-refractivity contribution is 5.83. The molecule has 1 N–H and O–H groups in total. The van der Waals surface area contributed by atoms with Gasteiger partial charge in [0.15, 0.2) is 11.5 Å². The summed E-state index contributed by atoms with van der Waals surface area (Å²) in [5.41, 5.74) is 6.18. The van der Waals surface area contributed by atoms with Crippen molar-refractivity contribution >= 4 is 23.2 Å². The van der Waals surface area contributed by atoms with Gasteiger partial charge in [0.25, 0.3) is 5.91 Å². The Morgan fingerprint density at radius 1 is 1.21 bits per heavy atom. The Hall–Kier alpha value is -3.99. The number of para-hydroxylation sites is 2. The van der Waals surface area contributed by atoms with Crippen LogP contribution in [0.5, 0.6) is 11.5 Å². The van der Waals surface area contributed by atoms with Gasteiger partial charge in [-0.05, 0) is 42.8 Å². The summed E-state index contributed by atoms with van der Waals surface area (Å²) in [7, 11) is 1.54. The van der Waals surface area contributed by atoms with Crippen LogP contribution in [0.1, 0.15) is 23.4 Å². The van der Waals surface area contributed by atoms with Gasteiger partial charge >= 0.3 is 0 Å². The maximum Gasteiger partial charge on any atom is 0.254 e. The first kappa shape index (κ1) is 19.8. The Labute approximate surface area is 167 Å². The second kappa shape index (κ2) is 9.28. The molecule has 146 valence electrons. The fourth-order valence-corrected chi connectivity index (χ4v) is 2.58. The van der Waals surface area contributed by atoms with Crippen molar-refractivity contribution in [3.63, 3.8) is 0 Å². The minimum absolute atomic E-state index is 0.246. The molecule has 1 aromatic heterocycles. The summed E-state index contributed by atoms with van der Waals surface area (Å²) >= 11 is 0. The minimum atomic E-state index is -0.470. The molecule has 1 amide bonds. The lowest BCUT2D eigenvalue weighted by Crippen LogP contribution is -2.16. The van der Waals surface area contributed by atoms with E-state index in [1.807, 2.05) is 31.2 Å². The number of aryl methyl sites for hydroxylation is 1. The number of carbonyl (C=O) groups is 1. The van der Waals surface area contributed by atoms with Gasteiger partial charge < -0.3 is 9.47 Å². The summed E-state index contributed by atoms with van der Waals surface area (Å²) < 4.78 is 11.3. The summed E-state index contributed by atoms with van der Waals surface area (Å²) in [6.45, 7) is 2.15. The minimum Gasteiger partial charge on any atom is -0.493 e. The number of fused-ring (bicyclic) bond motifs is 1. The van der Waals surface area contributed by atoms with Gasteiger partial charge in [-0.25, -0.2) is 15.4 Å². The fourth-order valence-electron chi connectivity index (χ4n) is 2.58. The molecule has 0 spiro atoms. The monoisotopic (exact) mass is 389 g/mol. The van der Waals surface area contributed by atoms with Crippen LogP contribution in [0, 0.1) is 18.3 Å². The number of hydrogen-bond acceptors (Lipinski definition) is 7. The van der Waals surface area contributed by atoms with Crippen LogP contribution < -0.4 is 14.9 Å². The lowest BCUT2D eigenvalue weighted by Gasteiger charge is -2.12. The molecule has 3 aromatic rings. The first-order valence-corrected chi connectivity index (χ1v) is 8.82. The number of amides is 1. The van der Waals surface area contributed by atoms with E-state index in [0.717, 1.165) is 22.4 Å². The highest BCUT2D eigenvalue weighted by Gasteiger charge is 2.09. The summed E-state index contributed by atoms with van der Waals surface area (Å²) in [5, 5.41) is 12.3. The Balaban J connectivity index is 1.71. The number of nitrogens with zero attached hydrogens (tertiary/aromatic N) is 4. The van der Waals surface area contributed by atoms with Gasteiger partial charge in [0.2, 0.25) is 0 Å². The molecule has 0 fully saturated rings. The van der Waals surface area contributed by atoms with Crippen molar-refractivity contribution in [1.82, 2.24) is 15.4 Å². The van der Waals surface area contributed by atoms with Gasteiger partial charge in [-0.15, -0.1) is 0 Å². The smallest absolute Gasteiger partial charge is 0.254 e. The molecule has 0 radical (unpaired) electrons. The molecule has 8 heteroatoms. The molecule has 0 saturated carbocycles. The highest BCUT2D eigenvalue weighted by Crippen LogP contribution is 2.28. The number of hydrazone groups is 1. The van der Waals surface area contributed by atoms with Crippen molar-refractivity contribution in [1.29, 1.82) is 5.26 Å². The molecule has 1 heterocycles. The molecule has 3 rings (SSSR count). The average molecular weight is 389 g/mol. The zero-order valence-corrected chi connectivity index (χ0v) is 16.0. The molecular weight excluding hydrogens is 370 g/mol. The number of rotatable bonds is 7. The van der Waals surface area contributed by atoms with Gasteiger partial charge in [0, 0.05) is 0 Å².